The monoisotopic (exact) mass is 326 g/mol. The van der Waals surface area contributed by atoms with Crippen LogP contribution in [0.3, 0.4) is 0 Å². The molecule has 0 fully saturated rings. The van der Waals surface area contributed by atoms with Crippen LogP contribution in [0.25, 0.3) is 5.57 Å². The second kappa shape index (κ2) is 6.87. The Balaban J connectivity index is 0.00000156. The molecule has 0 saturated heterocycles. The predicted octanol–water partition coefficient (Wildman–Crippen LogP) is 0.607. The fraction of sp³-hybridized carbons (Fsp3) is 0.150. The average molecular weight is 326 g/mol. The van der Waals surface area contributed by atoms with Crippen LogP contribution in [0, 0.1) is 11.8 Å². The van der Waals surface area contributed by atoms with Crippen LogP contribution in [-0.2, 0) is 0 Å². The zero-order valence-electron chi connectivity index (χ0n) is 13.0. The van der Waals surface area contributed by atoms with Crippen LogP contribution in [0.2, 0.25) is 0 Å². The molecule has 0 N–H and O–H groups in total. The summed E-state index contributed by atoms with van der Waals surface area (Å²) >= 11 is 0. The Labute approximate surface area is 178 Å². The van der Waals surface area contributed by atoms with E-state index in [0.717, 1.165) is 23.1 Å². The van der Waals surface area contributed by atoms with Gasteiger partial charge in [-0.15, -0.1) is 5.75 Å². The Morgan fingerprint density at radius 2 is 1.57 bits per heavy atom. The van der Waals surface area contributed by atoms with Crippen molar-refractivity contribution in [2.45, 2.75) is 6.42 Å². The van der Waals surface area contributed by atoms with Gasteiger partial charge in [-0.2, -0.15) is 0 Å². The topological polar surface area (TPSA) is 40.1 Å². The van der Waals surface area contributed by atoms with Crippen molar-refractivity contribution in [3.8, 4) is 5.75 Å². The molecular weight excluding hydrogens is 311 g/mol. The molecule has 0 amide bonds. The first-order valence-electron chi connectivity index (χ1n) is 7.53. The van der Waals surface area contributed by atoms with E-state index in [0.29, 0.717) is 11.5 Å². The molecule has 2 nitrogen and oxygen atoms in total. The number of Topliss-reactive ketones (excluding diaryl/α,β-unsaturated/α-hetero) is 1. The molecule has 0 heterocycles. The van der Waals surface area contributed by atoms with E-state index in [9.17, 15) is 9.90 Å². The number of hydrogen-bond donors (Lipinski definition) is 0. The second-order valence-electron chi connectivity index (χ2n) is 5.88. The first kappa shape index (κ1) is 16.9. The van der Waals surface area contributed by atoms with E-state index >= 15 is 0 Å². The summed E-state index contributed by atoms with van der Waals surface area (Å²) in [5.41, 5.74) is 3.79. The maximum absolute atomic E-state index is 12.9. The Hall–Kier alpha value is -0.974. The molecule has 2 unspecified atom stereocenters. The first-order valence-corrected chi connectivity index (χ1v) is 7.53. The molecule has 0 aromatic heterocycles. The van der Waals surface area contributed by atoms with Crippen molar-refractivity contribution in [2.24, 2.45) is 11.8 Å². The van der Waals surface area contributed by atoms with Crippen molar-refractivity contribution >= 4 is 11.4 Å². The van der Waals surface area contributed by atoms with Crippen molar-refractivity contribution in [1.29, 1.82) is 0 Å². The third-order valence-electron chi connectivity index (χ3n) is 4.56. The summed E-state index contributed by atoms with van der Waals surface area (Å²) < 4.78 is 0. The average Bonchev–Trinajstić information content (AvgIpc) is 3.17. The number of benzene rings is 2. The van der Waals surface area contributed by atoms with Crippen LogP contribution < -0.4 is 56.5 Å². The van der Waals surface area contributed by atoms with Gasteiger partial charge in [0.25, 0.3) is 0 Å². The first-order chi connectivity index (χ1) is 10.7. The predicted molar refractivity (Wildman–Crippen MR) is 84.3 cm³/mol. The van der Waals surface area contributed by atoms with E-state index in [-0.39, 0.29) is 68.8 Å². The molecule has 3 heteroatoms. The minimum atomic E-state index is -0.0679. The van der Waals surface area contributed by atoms with Crippen molar-refractivity contribution in [2.75, 3.05) is 0 Å². The van der Waals surface area contributed by atoms with Gasteiger partial charge in [-0.3, -0.25) is 4.79 Å². The van der Waals surface area contributed by atoms with Crippen molar-refractivity contribution < 1.29 is 61.3 Å². The van der Waals surface area contributed by atoms with Crippen molar-refractivity contribution in [3.05, 3.63) is 83.4 Å². The molecule has 23 heavy (non-hydrogen) atoms. The second-order valence-corrected chi connectivity index (χ2v) is 5.88. The number of allylic oxidation sites excluding steroid dienone is 4. The standard InChI is InChI=1S/C20H16O2.K/c21-17-10-8-14(9-11-17)20(22)19-16-7-6-15(12-16)18(19)13-4-2-1-3-5-13;/h1-11,15-16,21H,12H2;/q;+1/p-1. The largest absolute Gasteiger partial charge is 1.00 e. The van der Waals surface area contributed by atoms with E-state index in [1.165, 1.54) is 12.1 Å². The van der Waals surface area contributed by atoms with E-state index in [4.69, 9.17) is 0 Å². The van der Waals surface area contributed by atoms with Crippen LogP contribution in [0.15, 0.2) is 72.3 Å². The summed E-state index contributed by atoms with van der Waals surface area (Å²) in [7, 11) is 0. The SMILES string of the molecule is O=C(C1=C(c2ccccc2)C2C=CC1C2)c1ccc([O-])cc1.[K+]. The smallest absolute Gasteiger partial charge is 0.872 e. The minimum absolute atomic E-state index is 0. The normalized spacial score (nSPS) is 21.4. The molecule has 2 atom stereocenters. The van der Waals surface area contributed by atoms with Gasteiger partial charge in [-0.1, -0.05) is 66.7 Å². The van der Waals surface area contributed by atoms with Gasteiger partial charge in [-0.05, 0) is 17.6 Å². The van der Waals surface area contributed by atoms with E-state index in [1.807, 2.05) is 18.2 Å². The van der Waals surface area contributed by atoms with Gasteiger partial charge >= 0.3 is 51.4 Å². The third-order valence-corrected chi connectivity index (χ3v) is 4.56. The third kappa shape index (κ3) is 3.04. The van der Waals surface area contributed by atoms with Crippen LogP contribution in [-0.4, -0.2) is 5.78 Å². The van der Waals surface area contributed by atoms with Gasteiger partial charge in [0.2, 0.25) is 0 Å². The molecule has 4 rings (SSSR count). The van der Waals surface area contributed by atoms with E-state index < -0.39 is 0 Å². The molecule has 108 valence electrons. The van der Waals surface area contributed by atoms with Crippen LogP contribution in [0.5, 0.6) is 5.75 Å². The number of carbonyl (C=O) groups excluding carboxylic acids is 1. The van der Waals surface area contributed by atoms with E-state index in [2.05, 4.69) is 24.3 Å². The summed E-state index contributed by atoms with van der Waals surface area (Å²) in [6.07, 6.45) is 5.35. The Kier molecular flexibility index (Phi) is 5.04. The van der Waals surface area contributed by atoms with Crippen molar-refractivity contribution in [3.63, 3.8) is 0 Å². The summed E-state index contributed by atoms with van der Waals surface area (Å²) in [6.45, 7) is 0. The van der Waals surface area contributed by atoms with E-state index in [1.54, 1.807) is 12.1 Å². The van der Waals surface area contributed by atoms with Gasteiger partial charge in [0, 0.05) is 23.0 Å². The van der Waals surface area contributed by atoms with Crippen LogP contribution >= 0.6 is 0 Å². The molecule has 2 bridgehead atoms. The summed E-state index contributed by atoms with van der Waals surface area (Å²) in [6, 6.07) is 16.3. The molecule has 0 radical (unpaired) electrons. The Morgan fingerprint density at radius 1 is 0.913 bits per heavy atom. The van der Waals surface area contributed by atoms with Gasteiger partial charge < -0.3 is 5.11 Å². The summed E-state index contributed by atoms with van der Waals surface area (Å²) in [4.78, 5) is 12.9. The zero-order chi connectivity index (χ0) is 15.1. The maximum Gasteiger partial charge on any atom is 1.00 e. The number of ketones is 1. The van der Waals surface area contributed by atoms with Gasteiger partial charge in [0.1, 0.15) is 0 Å². The number of hydrogen-bond acceptors (Lipinski definition) is 2. The van der Waals surface area contributed by atoms with Crippen LogP contribution in [0.1, 0.15) is 22.3 Å². The molecule has 0 spiro atoms. The fourth-order valence-corrected chi connectivity index (χ4v) is 3.57. The number of fused-ring (bicyclic) bond motifs is 2. The minimum Gasteiger partial charge on any atom is -0.872 e. The molecule has 0 saturated carbocycles. The van der Waals surface area contributed by atoms with Gasteiger partial charge in [-0.25, -0.2) is 0 Å². The maximum atomic E-state index is 12.9. The molecule has 0 aliphatic heterocycles. The zero-order valence-corrected chi connectivity index (χ0v) is 16.2. The van der Waals surface area contributed by atoms with Crippen molar-refractivity contribution in [1.82, 2.24) is 0 Å². The Bertz CT molecular complexity index is 788. The fourth-order valence-electron chi connectivity index (χ4n) is 3.57. The molecule has 2 aliphatic rings. The molecule has 2 aliphatic carbocycles. The number of rotatable bonds is 3. The molecule has 2 aromatic rings. The number of carbonyl (C=O) groups is 1. The van der Waals surface area contributed by atoms with Gasteiger partial charge in [0.05, 0.1) is 0 Å². The summed E-state index contributed by atoms with van der Waals surface area (Å²) in [5.74, 6) is 0.530. The van der Waals surface area contributed by atoms with Gasteiger partial charge in [0.15, 0.2) is 5.78 Å². The summed E-state index contributed by atoms with van der Waals surface area (Å²) in [5, 5.41) is 11.2. The van der Waals surface area contributed by atoms with Crippen LogP contribution in [0.4, 0.5) is 0 Å². The molecule has 2 aromatic carbocycles. The Morgan fingerprint density at radius 3 is 2.26 bits per heavy atom. The molecular formula is C20H15KO2. The quantitative estimate of drug-likeness (QED) is 0.471.